The Hall–Kier alpha value is -1.83. The van der Waals surface area contributed by atoms with Crippen LogP contribution in [0.25, 0.3) is 11.1 Å². The molecule has 0 saturated heterocycles. The molecule has 1 atom stereocenters. The number of rotatable bonds is 5. The molecule has 0 bridgehead atoms. The van der Waals surface area contributed by atoms with Crippen LogP contribution in [0.4, 0.5) is 0 Å². The van der Waals surface area contributed by atoms with Crippen molar-refractivity contribution in [1.29, 1.82) is 0 Å². The largest absolute Gasteiger partial charge is 0.350 e. The van der Waals surface area contributed by atoms with Crippen LogP contribution < -0.4 is 0 Å². The van der Waals surface area contributed by atoms with E-state index in [1.54, 1.807) is 6.92 Å². The van der Waals surface area contributed by atoms with Crippen LogP contribution in [0.1, 0.15) is 43.2 Å². The lowest BCUT2D eigenvalue weighted by molar-refractivity contribution is 0.101. The number of aromatic nitrogens is 1. The number of nitrogens with zero attached hydrogens (tertiary/aromatic N) is 1. The fraction of sp³-hybridized carbons (Fsp3) is 0.389. The van der Waals surface area contributed by atoms with Gasteiger partial charge in [-0.2, -0.15) is 0 Å². The summed E-state index contributed by atoms with van der Waals surface area (Å²) in [5.74, 6) is 0.758. The molecular formula is C18H23NO. The number of Topliss-reactive ketones (excluding diaryl/α,β-unsaturated/α-hetero) is 1. The minimum Gasteiger partial charge on any atom is -0.350 e. The van der Waals surface area contributed by atoms with Crippen molar-refractivity contribution in [2.75, 3.05) is 0 Å². The van der Waals surface area contributed by atoms with Gasteiger partial charge in [0.15, 0.2) is 5.78 Å². The molecule has 0 amide bonds. The van der Waals surface area contributed by atoms with Gasteiger partial charge in [-0.3, -0.25) is 4.79 Å². The standard InChI is InChI=1S/C18H23NO/c1-5-13(2)11-19-12-17(16-9-7-6-8-10-16)18(14(19)3)15(4)20/h6-10,12-13H,5,11H2,1-4H3. The predicted octanol–water partition coefficient (Wildman–Crippen LogP) is 4.71. The lowest BCUT2D eigenvalue weighted by atomic mass is 10.0. The summed E-state index contributed by atoms with van der Waals surface area (Å²) >= 11 is 0. The highest BCUT2D eigenvalue weighted by molar-refractivity contribution is 6.02. The zero-order chi connectivity index (χ0) is 14.7. The third kappa shape index (κ3) is 2.84. The van der Waals surface area contributed by atoms with Crippen LogP contribution in [0.3, 0.4) is 0 Å². The van der Waals surface area contributed by atoms with Crippen molar-refractivity contribution in [3.8, 4) is 11.1 Å². The van der Waals surface area contributed by atoms with Gasteiger partial charge < -0.3 is 4.57 Å². The molecule has 0 spiro atoms. The molecule has 0 N–H and O–H groups in total. The average Bonchev–Trinajstić information content (AvgIpc) is 2.77. The Labute approximate surface area is 121 Å². The van der Waals surface area contributed by atoms with Crippen molar-refractivity contribution in [3.05, 3.63) is 47.8 Å². The van der Waals surface area contributed by atoms with Crippen LogP contribution >= 0.6 is 0 Å². The second kappa shape index (κ2) is 6.08. The van der Waals surface area contributed by atoms with Gasteiger partial charge in [0, 0.05) is 29.6 Å². The first kappa shape index (κ1) is 14.6. The number of carbonyl (C=O) groups is 1. The van der Waals surface area contributed by atoms with Gasteiger partial charge in [-0.15, -0.1) is 0 Å². The molecule has 1 aromatic carbocycles. The lowest BCUT2D eigenvalue weighted by Crippen LogP contribution is -2.08. The molecule has 2 aromatic rings. The minimum absolute atomic E-state index is 0.143. The van der Waals surface area contributed by atoms with Crippen molar-refractivity contribution in [2.24, 2.45) is 5.92 Å². The Kier molecular flexibility index (Phi) is 4.43. The first-order valence-electron chi connectivity index (χ1n) is 7.30. The van der Waals surface area contributed by atoms with Gasteiger partial charge >= 0.3 is 0 Å². The van der Waals surface area contributed by atoms with Gasteiger partial charge in [0.05, 0.1) is 0 Å². The number of carbonyl (C=O) groups excluding carboxylic acids is 1. The van der Waals surface area contributed by atoms with Crippen LogP contribution in [0.2, 0.25) is 0 Å². The number of benzene rings is 1. The van der Waals surface area contributed by atoms with E-state index < -0.39 is 0 Å². The molecular weight excluding hydrogens is 246 g/mol. The molecule has 0 saturated carbocycles. The van der Waals surface area contributed by atoms with Crippen LogP contribution in [0, 0.1) is 12.8 Å². The van der Waals surface area contributed by atoms with Gasteiger partial charge in [-0.1, -0.05) is 50.6 Å². The fourth-order valence-electron chi connectivity index (χ4n) is 2.59. The highest BCUT2D eigenvalue weighted by Gasteiger charge is 2.18. The van der Waals surface area contributed by atoms with E-state index in [1.807, 2.05) is 25.1 Å². The van der Waals surface area contributed by atoms with Crippen molar-refractivity contribution in [1.82, 2.24) is 4.57 Å². The predicted molar refractivity (Wildman–Crippen MR) is 84.1 cm³/mol. The lowest BCUT2D eigenvalue weighted by Gasteiger charge is -2.11. The molecule has 1 heterocycles. The summed E-state index contributed by atoms with van der Waals surface area (Å²) in [6.45, 7) is 9.12. The van der Waals surface area contributed by atoms with Crippen molar-refractivity contribution < 1.29 is 4.79 Å². The highest BCUT2D eigenvalue weighted by Crippen LogP contribution is 2.29. The molecule has 0 fully saturated rings. The van der Waals surface area contributed by atoms with Gasteiger partial charge in [-0.05, 0) is 25.3 Å². The van der Waals surface area contributed by atoms with E-state index in [4.69, 9.17) is 0 Å². The Morgan fingerprint density at radius 2 is 1.90 bits per heavy atom. The topological polar surface area (TPSA) is 22.0 Å². The summed E-state index contributed by atoms with van der Waals surface area (Å²) in [4.78, 5) is 12.0. The van der Waals surface area contributed by atoms with E-state index in [0.29, 0.717) is 5.92 Å². The summed E-state index contributed by atoms with van der Waals surface area (Å²) in [6.07, 6.45) is 3.28. The third-order valence-electron chi connectivity index (χ3n) is 3.99. The van der Waals surface area contributed by atoms with Crippen molar-refractivity contribution in [3.63, 3.8) is 0 Å². The summed E-state index contributed by atoms with van der Waals surface area (Å²) in [7, 11) is 0. The molecule has 0 aliphatic rings. The van der Waals surface area contributed by atoms with E-state index in [9.17, 15) is 4.79 Å². The quantitative estimate of drug-likeness (QED) is 0.720. The molecule has 0 aliphatic carbocycles. The summed E-state index contributed by atoms with van der Waals surface area (Å²) in [5, 5.41) is 0. The monoisotopic (exact) mass is 269 g/mol. The van der Waals surface area contributed by atoms with E-state index in [-0.39, 0.29) is 5.78 Å². The van der Waals surface area contributed by atoms with Gasteiger partial charge in [0.1, 0.15) is 0 Å². The second-order valence-electron chi connectivity index (χ2n) is 5.59. The fourth-order valence-corrected chi connectivity index (χ4v) is 2.59. The molecule has 106 valence electrons. The van der Waals surface area contributed by atoms with Crippen molar-refractivity contribution in [2.45, 2.75) is 40.7 Å². The smallest absolute Gasteiger partial charge is 0.162 e. The van der Waals surface area contributed by atoms with Crippen LogP contribution in [-0.2, 0) is 6.54 Å². The maximum Gasteiger partial charge on any atom is 0.162 e. The van der Waals surface area contributed by atoms with Crippen LogP contribution in [0.5, 0.6) is 0 Å². The minimum atomic E-state index is 0.143. The van der Waals surface area contributed by atoms with Gasteiger partial charge in [0.2, 0.25) is 0 Å². The zero-order valence-corrected chi connectivity index (χ0v) is 12.8. The van der Waals surface area contributed by atoms with E-state index in [0.717, 1.165) is 35.3 Å². The maximum absolute atomic E-state index is 12.0. The van der Waals surface area contributed by atoms with Crippen LogP contribution in [0.15, 0.2) is 36.5 Å². The first-order chi connectivity index (χ1) is 9.54. The normalized spacial score (nSPS) is 12.4. The molecule has 20 heavy (non-hydrogen) atoms. The zero-order valence-electron chi connectivity index (χ0n) is 12.8. The Morgan fingerprint density at radius 1 is 1.25 bits per heavy atom. The molecule has 1 unspecified atom stereocenters. The number of ketones is 1. The number of hydrogen-bond acceptors (Lipinski definition) is 1. The summed E-state index contributed by atoms with van der Waals surface area (Å²) in [5.41, 5.74) is 4.11. The van der Waals surface area contributed by atoms with Crippen LogP contribution in [-0.4, -0.2) is 10.4 Å². The summed E-state index contributed by atoms with van der Waals surface area (Å²) < 4.78 is 2.23. The Balaban J connectivity index is 2.51. The molecule has 2 rings (SSSR count). The molecule has 2 heteroatoms. The molecule has 1 aromatic heterocycles. The second-order valence-corrected chi connectivity index (χ2v) is 5.59. The van der Waals surface area contributed by atoms with E-state index in [2.05, 4.69) is 36.7 Å². The van der Waals surface area contributed by atoms with Crippen molar-refractivity contribution >= 4 is 5.78 Å². The Bertz CT molecular complexity index is 595. The molecule has 0 radical (unpaired) electrons. The number of hydrogen-bond donors (Lipinski definition) is 0. The van der Waals surface area contributed by atoms with Gasteiger partial charge in [-0.25, -0.2) is 0 Å². The average molecular weight is 269 g/mol. The molecule has 0 aliphatic heterocycles. The maximum atomic E-state index is 12.0. The highest BCUT2D eigenvalue weighted by atomic mass is 16.1. The van der Waals surface area contributed by atoms with E-state index >= 15 is 0 Å². The first-order valence-corrected chi connectivity index (χ1v) is 7.30. The third-order valence-corrected chi connectivity index (χ3v) is 3.99. The summed E-state index contributed by atoms with van der Waals surface area (Å²) in [6, 6.07) is 10.2. The SMILES string of the molecule is CCC(C)Cn1cc(-c2ccccc2)c(C(C)=O)c1C. The van der Waals surface area contributed by atoms with E-state index in [1.165, 1.54) is 0 Å². The van der Waals surface area contributed by atoms with Gasteiger partial charge in [0.25, 0.3) is 0 Å². The Morgan fingerprint density at radius 3 is 2.45 bits per heavy atom. The molecule has 2 nitrogen and oxygen atoms in total.